The highest BCUT2D eigenvalue weighted by Gasteiger charge is 2.11. The minimum atomic E-state index is -0.512. The van der Waals surface area contributed by atoms with Crippen LogP contribution in [0.25, 0.3) is 0 Å². The second-order valence-corrected chi connectivity index (χ2v) is 5.64. The summed E-state index contributed by atoms with van der Waals surface area (Å²) in [6, 6.07) is 14.3. The number of methoxy groups -OCH3 is 1. The Morgan fingerprint density at radius 2 is 1.81 bits per heavy atom. The number of hydrogen-bond acceptors (Lipinski definition) is 5. The lowest BCUT2D eigenvalue weighted by Gasteiger charge is -2.09. The van der Waals surface area contributed by atoms with Crippen LogP contribution in [-0.4, -0.2) is 31.7 Å². The molecule has 0 atom stereocenters. The zero-order chi connectivity index (χ0) is 19.5. The van der Waals surface area contributed by atoms with Gasteiger partial charge in [-0.15, -0.1) is 0 Å². The van der Waals surface area contributed by atoms with E-state index in [0.29, 0.717) is 18.0 Å². The van der Waals surface area contributed by atoms with Crippen molar-refractivity contribution in [1.29, 1.82) is 0 Å². The van der Waals surface area contributed by atoms with E-state index in [9.17, 15) is 9.59 Å². The van der Waals surface area contributed by atoms with Crippen LogP contribution >= 0.6 is 0 Å². The van der Waals surface area contributed by atoms with Gasteiger partial charge in [0.15, 0.2) is 0 Å². The van der Waals surface area contributed by atoms with Gasteiger partial charge in [0.1, 0.15) is 17.9 Å². The van der Waals surface area contributed by atoms with Gasteiger partial charge < -0.3 is 14.8 Å². The number of carbonyl (C=O) groups is 2. The minimum absolute atomic E-state index is 0.348. The first-order valence-corrected chi connectivity index (χ1v) is 8.60. The standard InChI is InChI=1S/C20H23N3O4/c1-3-12-27-16-10-8-15(9-11-16)14-21-23-20(25)13-19(24)22-17-6-4-5-7-18(17)26-2/h4-11,14H,3,12-13H2,1-2H3,(H,22,24)(H,23,25). The average molecular weight is 369 g/mol. The number of nitrogens with zero attached hydrogens (tertiary/aromatic N) is 1. The third kappa shape index (κ3) is 6.81. The van der Waals surface area contributed by atoms with Crippen molar-refractivity contribution >= 4 is 23.7 Å². The van der Waals surface area contributed by atoms with Crippen molar-refractivity contribution in [2.45, 2.75) is 19.8 Å². The van der Waals surface area contributed by atoms with Crippen LogP contribution in [0.15, 0.2) is 53.6 Å². The Labute approximate surface area is 158 Å². The summed E-state index contributed by atoms with van der Waals surface area (Å²) >= 11 is 0. The van der Waals surface area contributed by atoms with Crippen LogP contribution in [0.4, 0.5) is 5.69 Å². The highest BCUT2D eigenvalue weighted by atomic mass is 16.5. The number of benzene rings is 2. The quantitative estimate of drug-likeness (QED) is 0.404. The van der Waals surface area contributed by atoms with E-state index < -0.39 is 11.8 Å². The molecule has 0 aromatic heterocycles. The Hall–Kier alpha value is -3.35. The Bertz CT molecular complexity index is 788. The predicted octanol–water partition coefficient (Wildman–Crippen LogP) is 2.96. The number of para-hydroxylation sites is 2. The minimum Gasteiger partial charge on any atom is -0.495 e. The van der Waals surface area contributed by atoms with Crippen LogP contribution in [0.5, 0.6) is 11.5 Å². The van der Waals surface area contributed by atoms with Crippen LogP contribution < -0.4 is 20.2 Å². The second-order valence-electron chi connectivity index (χ2n) is 5.64. The number of hydrazone groups is 1. The van der Waals surface area contributed by atoms with Gasteiger partial charge >= 0.3 is 0 Å². The molecule has 2 amide bonds. The summed E-state index contributed by atoms with van der Waals surface area (Å²) in [7, 11) is 1.51. The van der Waals surface area contributed by atoms with E-state index in [1.165, 1.54) is 13.3 Å². The molecule has 2 N–H and O–H groups in total. The van der Waals surface area contributed by atoms with Crippen LogP contribution in [-0.2, 0) is 9.59 Å². The highest BCUT2D eigenvalue weighted by molar-refractivity contribution is 6.04. The second kappa shape index (κ2) is 10.6. The fraction of sp³-hybridized carbons (Fsp3) is 0.250. The number of hydrogen-bond donors (Lipinski definition) is 2. The summed E-state index contributed by atoms with van der Waals surface area (Å²) in [6.45, 7) is 2.71. The van der Waals surface area contributed by atoms with Gasteiger partial charge in [-0.05, 0) is 48.4 Å². The summed E-state index contributed by atoms with van der Waals surface area (Å²) in [5, 5.41) is 6.49. The molecule has 0 saturated heterocycles. The van der Waals surface area contributed by atoms with Crippen LogP contribution in [0, 0.1) is 0 Å². The zero-order valence-electron chi connectivity index (χ0n) is 15.4. The summed E-state index contributed by atoms with van der Waals surface area (Å²) < 4.78 is 10.6. The third-order valence-corrected chi connectivity index (χ3v) is 3.46. The zero-order valence-corrected chi connectivity index (χ0v) is 15.4. The van der Waals surface area contributed by atoms with Crippen molar-refractivity contribution in [3.8, 4) is 11.5 Å². The fourth-order valence-electron chi connectivity index (χ4n) is 2.18. The molecule has 0 fully saturated rings. The van der Waals surface area contributed by atoms with Gasteiger partial charge in [-0.3, -0.25) is 9.59 Å². The molecule has 0 aliphatic rings. The molecule has 2 rings (SSSR count). The lowest BCUT2D eigenvalue weighted by atomic mass is 10.2. The van der Waals surface area contributed by atoms with Gasteiger partial charge in [0.25, 0.3) is 0 Å². The molecule has 7 nitrogen and oxygen atoms in total. The molecule has 0 heterocycles. The third-order valence-electron chi connectivity index (χ3n) is 3.46. The van der Waals surface area contributed by atoms with Crippen LogP contribution in [0.3, 0.4) is 0 Å². The maximum absolute atomic E-state index is 12.0. The topological polar surface area (TPSA) is 89.0 Å². The van der Waals surface area contributed by atoms with Crippen LogP contribution in [0.1, 0.15) is 25.3 Å². The first kappa shape index (κ1) is 20.0. The van der Waals surface area contributed by atoms with Crippen molar-refractivity contribution in [3.63, 3.8) is 0 Å². The molecule has 2 aromatic rings. The number of amides is 2. The molecule has 0 aliphatic heterocycles. The molecule has 7 heteroatoms. The van der Waals surface area contributed by atoms with Gasteiger partial charge in [0, 0.05) is 0 Å². The average Bonchev–Trinajstić information content (AvgIpc) is 2.67. The summed E-state index contributed by atoms with van der Waals surface area (Å²) in [6.07, 6.45) is 2.10. The van der Waals surface area contributed by atoms with Gasteiger partial charge in [-0.1, -0.05) is 19.1 Å². The molecule has 0 unspecified atom stereocenters. The largest absolute Gasteiger partial charge is 0.495 e. The summed E-state index contributed by atoms with van der Waals surface area (Å²) in [5.74, 6) is 0.341. The number of nitrogens with one attached hydrogen (secondary N) is 2. The van der Waals surface area contributed by atoms with E-state index in [2.05, 4.69) is 15.8 Å². The van der Waals surface area contributed by atoms with Crippen molar-refractivity contribution in [2.75, 3.05) is 19.0 Å². The van der Waals surface area contributed by atoms with Crippen molar-refractivity contribution < 1.29 is 19.1 Å². The van der Waals surface area contributed by atoms with E-state index in [1.54, 1.807) is 24.3 Å². The maximum atomic E-state index is 12.0. The summed E-state index contributed by atoms with van der Waals surface area (Å²) in [4.78, 5) is 23.8. The first-order chi connectivity index (χ1) is 13.1. The van der Waals surface area contributed by atoms with Crippen molar-refractivity contribution in [2.24, 2.45) is 5.10 Å². The first-order valence-electron chi connectivity index (χ1n) is 8.60. The number of ether oxygens (including phenoxy) is 2. The molecule has 27 heavy (non-hydrogen) atoms. The van der Waals surface area contributed by atoms with Crippen LogP contribution in [0.2, 0.25) is 0 Å². The van der Waals surface area contributed by atoms with E-state index in [-0.39, 0.29) is 6.42 Å². The van der Waals surface area contributed by atoms with Gasteiger partial charge in [0.2, 0.25) is 11.8 Å². The SMILES string of the molecule is CCCOc1ccc(C=NNC(=O)CC(=O)Nc2ccccc2OC)cc1. The number of anilines is 1. The van der Waals surface area contributed by atoms with Gasteiger partial charge in [0.05, 0.1) is 25.6 Å². The predicted molar refractivity (Wildman–Crippen MR) is 104 cm³/mol. The molecule has 0 saturated carbocycles. The maximum Gasteiger partial charge on any atom is 0.249 e. The molecular formula is C20H23N3O4. The molecule has 142 valence electrons. The smallest absolute Gasteiger partial charge is 0.249 e. The Balaban J connectivity index is 1.79. The molecule has 2 aromatic carbocycles. The lowest BCUT2D eigenvalue weighted by Crippen LogP contribution is -2.24. The normalized spacial score (nSPS) is 10.4. The summed E-state index contributed by atoms with van der Waals surface area (Å²) in [5.41, 5.74) is 3.64. The van der Waals surface area contributed by atoms with E-state index >= 15 is 0 Å². The van der Waals surface area contributed by atoms with Gasteiger partial charge in [-0.2, -0.15) is 5.10 Å². The fourth-order valence-corrected chi connectivity index (χ4v) is 2.18. The molecule has 0 radical (unpaired) electrons. The molecule has 0 aliphatic carbocycles. The lowest BCUT2D eigenvalue weighted by molar-refractivity contribution is -0.126. The molecular weight excluding hydrogens is 346 g/mol. The van der Waals surface area contributed by atoms with E-state index in [1.807, 2.05) is 31.2 Å². The number of carbonyl (C=O) groups excluding carboxylic acids is 2. The van der Waals surface area contributed by atoms with Gasteiger partial charge in [-0.25, -0.2) is 5.43 Å². The number of rotatable bonds is 9. The highest BCUT2D eigenvalue weighted by Crippen LogP contribution is 2.22. The molecule has 0 spiro atoms. The molecule has 0 bridgehead atoms. The monoisotopic (exact) mass is 369 g/mol. The van der Waals surface area contributed by atoms with E-state index in [4.69, 9.17) is 9.47 Å². The Kier molecular flexibility index (Phi) is 7.84. The van der Waals surface area contributed by atoms with Crippen molar-refractivity contribution in [3.05, 3.63) is 54.1 Å². The van der Waals surface area contributed by atoms with Crippen molar-refractivity contribution in [1.82, 2.24) is 5.43 Å². The van der Waals surface area contributed by atoms with E-state index in [0.717, 1.165) is 17.7 Å². The Morgan fingerprint density at radius 1 is 1.07 bits per heavy atom. The Morgan fingerprint density at radius 3 is 2.52 bits per heavy atom.